The Morgan fingerprint density at radius 3 is 2.50 bits per heavy atom. The first-order valence-corrected chi connectivity index (χ1v) is 3.04. The van der Waals surface area contributed by atoms with Gasteiger partial charge in [0.15, 0.2) is 5.82 Å². The van der Waals surface area contributed by atoms with Crippen LogP contribution in [0, 0.1) is 0 Å². The van der Waals surface area contributed by atoms with Crippen LogP contribution in [0.1, 0.15) is 11.7 Å². The molecule has 0 spiro atoms. The average Bonchev–Trinajstić information content (AvgIpc) is 2.35. The predicted octanol–water partition coefficient (Wildman–Crippen LogP) is 0.623. The summed E-state index contributed by atoms with van der Waals surface area (Å²) in [4.78, 5) is 3.01. The highest BCUT2D eigenvalue weighted by Crippen LogP contribution is 2.27. The molecule has 0 saturated carbocycles. The molecule has 12 heavy (non-hydrogen) atoms. The fraction of sp³-hybridized carbons (Fsp3) is 0.600. The first-order valence-electron chi connectivity index (χ1n) is 3.04. The van der Waals surface area contributed by atoms with Crippen LogP contribution in [0.2, 0.25) is 0 Å². The number of aromatic nitrogens is 2. The Morgan fingerprint density at radius 2 is 2.08 bits per heavy atom. The zero-order chi connectivity index (χ0) is 9.19. The van der Waals surface area contributed by atoms with Gasteiger partial charge in [-0.1, -0.05) is 5.16 Å². The highest BCUT2D eigenvalue weighted by Gasteiger charge is 2.38. The second-order valence-corrected chi connectivity index (χ2v) is 1.99. The van der Waals surface area contributed by atoms with E-state index in [2.05, 4.69) is 14.7 Å². The number of halogens is 3. The standard InChI is InChI=1S/C5H5F3N2O2/c6-5(7,8)4-9-3(1-2-11)10-12-4/h11H,1-2H2. The van der Waals surface area contributed by atoms with Crippen molar-refractivity contribution in [1.29, 1.82) is 0 Å². The quantitative estimate of drug-likeness (QED) is 0.728. The van der Waals surface area contributed by atoms with Gasteiger partial charge in [0.05, 0.1) is 6.61 Å². The third kappa shape index (κ3) is 1.94. The average molecular weight is 182 g/mol. The fourth-order valence-corrected chi connectivity index (χ4v) is 0.571. The van der Waals surface area contributed by atoms with E-state index in [1.807, 2.05) is 0 Å². The van der Waals surface area contributed by atoms with Crippen molar-refractivity contribution in [1.82, 2.24) is 10.1 Å². The molecule has 7 heteroatoms. The van der Waals surface area contributed by atoms with Gasteiger partial charge in [0.1, 0.15) is 0 Å². The van der Waals surface area contributed by atoms with Gasteiger partial charge in [-0.05, 0) is 0 Å². The fourth-order valence-electron chi connectivity index (χ4n) is 0.571. The second-order valence-electron chi connectivity index (χ2n) is 1.99. The van der Waals surface area contributed by atoms with E-state index in [0.717, 1.165) is 0 Å². The topological polar surface area (TPSA) is 59.2 Å². The third-order valence-electron chi connectivity index (χ3n) is 1.05. The van der Waals surface area contributed by atoms with Crippen molar-refractivity contribution in [3.8, 4) is 0 Å². The minimum absolute atomic E-state index is 0.0421. The minimum Gasteiger partial charge on any atom is -0.396 e. The maximum Gasteiger partial charge on any atom is 0.471 e. The number of hydrogen-bond donors (Lipinski definition) is 1. The first kappa shape index (κ1) is 8.98. The van der Waals surface area contributed by atoms with Crippen LogP contribution in [0.3, 0.4) is 0 Å². The largest absolute Gasteiger partial charge is 0.471 e. The van der Waals surface area contributed by atoms with Crippen LogP contribution in [0.5, 0.6) is 0 Å². The van der Waals surface area contributed by atoms with Crippen LogP contribution in [-0.4, -0.2) is 21.9 Å². The molecule has 0 unspecified atom stereocenters. The van der Waals surface area contributed by atoms with Crippen molar-refractivity contribution in [2.75, 3.05) is 6.61 Å². The highest BCUT2D eigenvalue weighted by molar-refractivity contribution is 4.89. The lowest BCUT2D eigenvalue weighted by molar-refractivity contribution is -0.159. The molecular weight excluding hydrogens is 177 g/mol. The summed E-state index contributed by atoms with van der Waals surface area (Å²) < 4.78 is 39.2. The van der Waals surface area contributed by atoms with Crippen molar-refractivity contribution in [3.05, 3.63) is 11.7 Å². The summed E-state index contributed by atoms with van der Waals surface area (Å²) in [7, 11) is 0. The van der Waals surface area contributed by atoms with E-state index in [-0.39, 0.29) is 18.9 Å². The van der Waals surface area contributed by atoms with Crippen molar-refractivity contribution < 1.29 is 22.8 Å². The number of hydrogen-bond acceptors (Lipinski definition) is 4. The van der Waals surface area contributed by atoms with Gasteiger partial charge in [0.2, 0.25) is 0 Å². The van der Waals surface area contributed by atoms with Gasteiger partial charge in [-0.25, -0.2) is 0 Å². The van der Waals surface area contributed by atoms with Crippen LogP contribution in [0.25, 0.3) is 0 Å². The van der Waals surface area contributed by atoms with Crippen LogP contribution in [-0.2, 0) is 12.6 Å². The molecule has 1 aromatic rings. The van der Waals surface area contributed by atoms with Gasteiger partial charge in [0, 0.05) is 6.42 Å². The van der Waals surface area contributed by atoms with Gasteiger partial charge in [-0.15, -0.1) is 0 Å². The summed E-state index contributed by atoms with van der Waals surface area (Å²) in [6, 6.07) is 0. The van der Waals surface area contributed by atoms with Crippen molar-refractivity contribution in [2.24, 2.45) is 0 Å². The molecule has 1 rings (SSSR count). The Bertz CT molecular complexity index is 257. The summed E-state index contributed by atoms with van der Waals surface area (Å²) in [5.41, 5.74) is 0. The molecule has 68 valence electrons. The maximum atomic E-state index is 11.8. The molecule has 0 saturated heterocycles. The molecule has 1 aromatic heterocycles. The first-order chi connectivity index (χ1) is 5.54. The molecule has 0 aliphatic rings. The molecule has 1 N–H and O–H groups in total. The zero-order valence-corrected chi connectivity index (χ0v) is 5.80. The Balaban J connectivity index is 2.77. The number of nitrogens with zero attached hydrogens (tertiary/aromatic N) is 2. The summed E-state index contributed by atoms with van der Waals surface area (Å²) in [5, 5.41) is 11.3. The molecular formula is C5H5F3N2O2. The van der Waals surface area contributed by atoms with Crippen LogP contribution in [0.15, 0.2) is 4.52 Å². The molecule has 1 heterocycles. The van der Waals surface area contributed by atoms with Crippen LogP contribution in [0.4, 0.5) is 13.2 Å². The van der Waals surface area contributed by atoms with Crippen molar-refractivity contribution in [2.45, 2.75) is 12.6 Å². The molecule has 4 nitrogen and oxygen atoms in total. The minimum atomic E-state index is -4.61. The maximum absolute atomic E-state index is 11.8. The summed E-state index contributed by atoms with van der Waals surface area (Å²) >= 11 is 0. The highest BCUT2D eigenvalue weighted by atomic mass is 19.4. The van der Waals surface area contributed by atoms with Gasteiger partial charge < -0.3 is 9.63 Å². The Labute approximate surface area is 65.0 Å². The third-order valence-corrected chi connectivity index (χ3v) is 1.05. The molecule has 0 atom stereocenters. The van der Waals surface area contributed by atoms with Crippen molar-refractivity contribution >= 4 is 0 Å². The van der Waals surface area contributed by atoms with Gasteiger partial charge in [0.25, 0.3) is 0 Å². The van der Waals surface area contributed by atoms with E-state index in [0.29, 0.717) is 0 Å². The SMILES string of the molecule is OCCc1noc(C(F)(F)F)n1. The molecule has 0 radical (unpaired) electrons. The molecule has 0 aromatic carbocycles. The van der Waals surface area contributed by atoms with E-state index < -0.39 is 12.1 Å². The summed E-state index contributed by atoms with van der Waals surface area (Å²) in [5.74, 6) is -1.53. The Hall–Kier alpha value is -1.11. The Kier molecular flexibility index (Phi) is 2.32. The lowest BCUT2D eigenvalue weighted by atomic mass is 10.4. The van der Waals surface area contributed by atoms with Crippen molar-refractivity contribution in [3.63, 3.8) is 0 Å². The zero-order valence-electron chi connectivity index (χ0n) is 5.80. The predicted molar refractivity (Wildman–Crippen MR) is 30.1 cm³/mol. The van der Waals surface area contributed by atoms with Gasteiger partial charge in [-0.2, -0.15) is 18.2 Å². The Morgan fingerprint density at radius 1 is 1.42 bits per heavy atom. The monoisotopic (exact) mass is 182 g/mol. The lowest BCUT2D eigenvalue weighted by Crippen LogP contribution is -2.05. The van der Waals surface area contributed by atoms with E-state index >= 15 is 0 Å². The number of alkyl halides is 3. The number of aliphatic hydroxyl groups is 1. The van der Waals surface area contributed by atoms with E-state index in [9.17, 15) is 13.2 Å². The normalized spacial score (nSPS) is 12.0. The summed E-state index contributed by atoms with van der Waals surface area (Å²) in [6.07, 6.45) is -4.65. The van der Waals surface area contributed by atoms with Crippen LogP contribution < -0.4 is 0 Å². The van der Waals surface area contributed by atoms with Gasteiger partial charge >= 0.3 is 12.1 Å². The molecule has 0 aliphatic heterocycles. The number of rotatable bonds is 2. The summed E-state index contributed by atoms with van der Waals surface area (Å²) in [6.45, 7) is -0.309. The molecule has 0 aliphatic carbocycles. The van der Waals surface area contributed by atoms with Gasteiger partial charge in [-0.3, -0.25) is 0 Å². The van der Waals surface area contributed by atoms with E-state index in [1.165, 1.54) is 0 Å². The smallest absolute Gasteiger partial charge is 0.396 e. The molecule has 0 amide bonds. The molecule has 0 fully saturated rings. The number of aliphatic hydroxyl groups excluding tert-OH is 1. The van der Waals surface area contributed by atoms with E-state index in [4.69, 9.17) is 5.11 Å². The second kappa shape index (κ2) is 3.10. The van der Waals surface area contributed by atoms with Crippen LogP contribution >= 0.6 is 0 Å². The lowest BCUT2D eigenvalue weighted by Gasteiger charge is -1.95. The molecule has 0 bridgehead atoms. The van der Waals surface area contributed by atoms with E-state index in [1.54, 1.807) is 0 Å².